The highest BCUT2D eigenvalue weighted by Crippen LogP contribution is 2.36. The van der Waals surface area contributed by atoms with E-state index in [0.29, 0.717) is 5.92 Å². The molecular formula is C20H25N7. The van der Waals surface area contributed by atoms with Gasteiger partial charge in [0.1, 0.15) is 18.0 Å². The van der Waals surface area contributed by atoms with Crippen LogP contribution in [0.2, 0.25) is 0 Å². The summed E-state index contributed by atoms with van der Waals surface area (Å²) in [4.78, 5) is 18.3. The summed E-state index contributed by atoms with van der Waals surface area (Å²) in [6.45, 7) is 7.87. The number of nitrogens with zero attached hydrogens (tertiary/aromatic N) is 7. The number of imidazole rings is 1. The van der Waals surface area contributed by atoms with Gasteiger partial charge in [-0.15, -0.1) is 5.10 Å². The summed E-state index contributed by atoms with van der Waals surface area (Å²) in [5, 5.41) is 4.81. The van der Waals surface area contributed by atoms with E-state index in [4.69, 9.17) is 5.10 Å². The van der Waals surface area contributed by atoms with Crippen LogP contribution in [-0.2, 0) is 0 Å². The van der Waals surface area contributed by atoms with E-state index in [0.717, 1.165) is 54.8 Å². The van der Waals surface area contributed by atoms with E-state index in [9.17, 15) is 0 Å². The lowest BCUT2D eigenvalue weighted by Crippen LogP contribution is -2.47. The van der Waals surface area contributed by atoms with Gasteiger partial charge in [-0.25, -0.2) is 19.5 Å². The largest absolute Gasteiger partial charge is 0.353 e. The predicted octanol–water partition coefficient (Wildman–Crippen LogP) is 2.73. The minimum Gasteiger partial charge on any atom is -0.353 e. The molecule has 0 atom stereocenters. The Balaban J connectivity index is 1.31. The average Bonchev–Trinajstić information content (AvgIpc) is 2.94. The third kappa shape index (κ3) is 2.91. The molecule has 0 radical (unpaired) electrons. The monoisotopic (exact) mass is 363 g/mol. The van der Waals surface area contributed by atoms with Gasteiger partial charge in [-0.05, 0) is 38.8 Å². The van der Waals surface area contributed by atoms with E-state index in [-0.39, 0.29) is 0 Å². The Hall–Kier alpha value is -2.70. The smallest absolute Gasteiger partial charge is 0.154 e. The molecule has 7 nitrogen and oxygen atoms in total. The molecule has 4 heterocycles. The summed E-state index contributed by atoms with van der Waals surface area (Å²) in [6.07, 6.45) is 5.60. The van der Waals surface area contributed by atoms with E-state index >= 15 is 0 Å². The maximum Gasteiger partial charge on any atom is 0.154 e. The van der Waals surface area contributed by atoms with Crippen LogP contribution in [0.15, 0.2) is 24.5 Å². The third-order valence-electron chi connectivity index (χ3n) is 6.05. The Kier molecular flexibility index (Phi) is 3.95. The van der Waals surface area contributed by atoms with Gasteiger partial charge in [0.15, 0.2) is 5.65 Å². The van der Waals surface area contributed by atoms with Gasteiger partial charge in [0.25, 0.3) is 0 Å². The number of aryl methyl sites for hydroxylation is 2. The van der Waals surface area contributed by atoms with E-state index in [1.54, 1.807) is 6.33 Å². The van der Waals surface area contributed by atoms with E-state index in [2.05, 4.69) is 49.9 Å². The highest BCUT2D eigenvalue weighted by Gasteiger charge is 2.24. The summed E-state index contributed by atoms with van der Waals surface area (Å²) in [6, 6.07) is 6.34. The molecule has 0 spiro atoms. The van der Waals surface area contributed by atoms with E-state index < -0.39 is 0 Å². The molecule has 140 valence electrons. The Morgan fingerprint density at radius 2 is 1.67 bits per heavy atom. The zero-order valence-corrected chi connectivity index (χ0v) is 16.0. The van der Waals surface area contributed by atoms with Crippen molar-refractivity contribution in [2.75, 3.05) is 36.0 Å². The van der Waals surface area contributed by atoms with Crippen LogP contribution in [0.25, 0.3) is 5.65 Å². The second kappa shape index (κ2) is 6.48. The topological polar surface area (TPSA) is 62.5 Å². The zero-order valence-electron chi connectivity index (χ0n) is 16.0. The molecule has 0 amide bonds. The highest BCUT2D eigenvalue weighted by atomic mass is 15.4. The molecule has 0 bridgehead atoms. The molecule has 1 aliphatic carbocycles. The number of hydrogen-bond acceptors (Lipinski definition) is 6. The van der Waals surface area contributed by atoms with Crippen LogP contribution < -0.4 is 9.80 Å². The molecule has 1 saturated carbocycles. The van der Waals surface area contributed by atoms with Gasteiger partial charge in [0.2, 0.25) is 0 Å². The number of aromatic nitrogens is 5. The van der Waals surface area contributed by atoms with Gasteiger partial charge in [-0.3, -0.25) is 0 Å². The molecule has 7 heteroatoms. The Bertz CT molecular complexity index is 968. The fourth-order valence-electron chi connectivity index (χ4n) is 3.94. The standard InChI is InChI=1S/C20H25N7/c1-14-15(2)27-18(23-14)6-7-19(24-27)25-8-10-26(11-9-25)20-12-17(21-13-22-20)16-4-3-5-16/h6-7,12-13,16H,3-5,8-11H2,1-2H3. The molecule has 5 rings (SSSR count). The predicted molar refractivity (Wildman–Crippen MR) is 106 cm³/mol. The molecule has 27 heavy (non-hydrogen) atoms. The maximum atomic E-state index is 4.81. The van der Waals surface area contributed by atoms with Crippen molar-refractivity contribution in [1.82, 2.24) is 24.6 Å². The maximum absolute atomic E-state index is 4.81. The van der Waals surface area contributed by atoms with Gasteiger partial charge >= 0.3 is 0 Å². The van der Waals surface area contributed by atoms with Gasteiger partial charge in [-0.1, -0.05) is 6.42 Å². The van der Waals surface area contributed by atoms with Crippen LogP contribution in [0, 0.1) is 13.8 Å². The summed E-state index contributed by atoms with van der Waals surface area (Å²) in [7, 11) is 0. The minimum absolute atomic E-state index is 0.644. The minimum atomic E-state index is 0.644. The van der Waals surface area contributed by atoms with Crippen LogP contribution in [0.4, 0.5) is 11.6 Å². The van der Waals surface area contributed by atoms with Crippen molar-refractivity contribution in [1.29, 1.82) is 0 Å². The Morgan fingerprint density at radius 3 is 2.37 bits per heavy atom. The number of anilines is 2. The number of fused-ring (bicyclic) bond motifs is 1. The van der Waals surface area contributed by atoms with Crippen LogP contribution in [-0.4, -0.2) is 50.7 Å². The molecule has 0 aromatic carbocycles. The zero-order chi connectivity index (χ0) is 18.4. The number of hydrogen-bond donors (Lipinski definition) is 0. The lowest BCUT2D eigenvalue weighted by Gasteiger charge is -2.36. The van der Waals surface area contributed by atoms with Crippen molar-refractivity contribution >= 4 is 17.3 Å². The summed E-state index contributed by atoms with van der Waals surface area (Å²) in [5.41, 5.74) is 4.27. The van der Waals surface area contributed by atoms with Crippen LogP contribution in [0.1, 0.15) is 42.3 Å². The number of rotatable bonds is 3. The van der Waals surface area contributed by atoms with Crippen molar-refractivity contribution in [3.63, 3.8) is 0 Å². The molecule has 2 fully saturated rings. The lowest BCUT2D eigenvalue weighted by molar-refractivity contribution is 0.410. The third-order valence-corrected chi connectivity index (χ3v) is 6.05. The Labute approximate surface area is 159 Å². The van der Waals surface area contributed by atoms with Crippen LogP contribution in [0.3, 0.4) is 0 Å². The highest BCUT2D eigenvalue weighted by molar-refractivity contribution is 5.50. The summed E-state index contributed by atoms with van der Waals surface area (Å²) < 4.78 is 1.95. The molecule has 2 aliphatic rings. The molecule has 0 N–H and O–H groups in total. The molecule has 3 aromatic heterocycles. The quantitative estimate of drug-likeness (QED) is 0.713. The fourth-order valence-corrected chi connectivity index (χ4v) is 3.94. The van der Waals surface area contributed by atoms with E-state index in [1.165, 1.54) is 25.0 Å². The van der Waals surface area contributed by atoms with Crippen molar-refractivity contribution in [2.24, 2.45) is 0 Å². The average molecular weight is 363 g/mol. The first-order valence-electron chi connectivity index (χ1n) is 9.84. The van der Waals surface area contributed by atoms with Gasteiger partial charge in [0, 0.05) is 43.9 Å². The summed E-state index contributed by atoms with van der Waals surface area (Å²) >= 11 is 0. The normalized spacial score (nSPS) is 18.1. The van der Waals surface area contributed by atoms with E-state index in [1.807, 2.05) is 11.4 Å². The molecular weight excluding hydrogens is 338 g/mol. The second-order valence-corrected chi connectivity index (χ2v) is 7.65. The first-order valence-corrected chi connectivity index (χ1v) is 9.84. The van der Waals surface area contributed by atoms with Gasteiger partial charge in [-0.2, -0.15) is 0 Å². The second-order valence-electron chi connectivity index (χ2n) is 7.65. The van der Waals surface area contributed by atoms with Gasteiger partial charge < -0.3 is 9.80 Å². The fraction of sp³-hybridized carbons (Fsp3) is 0.500. The molecule has 0 unspecified atom stereocenters. The molecule has 1 saturated heterocycles. The van der Waals surface area contributed by atoms with Crippen molar-refractivity contribution in [3.05, 3.63) is 41.6 Å². The molecule has 3 aromatic rings. The van der Waals surface area contributed by atoms with Crippen molar-refractivity contribution < 1.29 is 0 Å². The van der Waals surface area contributed by atoms with Crippen LogP contribution >= 0.6 is 0 Å². The summed E-state index contributed by atoms with van der Waals surface area (Å²) in [5.74, 6) is 2.72. The SMILES string of the molecule is Cc1nc2ccc(N3CCN(c4cc(C5CCC5)ncn4)CC3)nn2c1C. The van der Waals surface area contributed by atoms with Gasteiger partial charge in [0.05, 0.1) is 11.4 Å². The first kappa shape index (κ1) is 16.5. The van der Waals surface area contributed by atoms with Crippen LogP contribution in [0.5, 0.6) is 0 Å². The first-order chi connectivity index (χ1) is 13.2. The number of piperazine rings is 1. The Morgan fingerprint density at radius 1 is 0.926 bits per heavy atom. The van der Waals surface area contributed by atoms with Crippen molar-refractivity contribution in [3.8, 4) is 0 Å². The van der Waals surface area contributed by atoms with Crippen molar-refractivity contribution in [2.45, 2.75) is 39.0 Å². The molecule has 1 aliphatic heterocycles. The lowest BCUT2D eigenvalue weighted by atomic mass is 9.83.